The van der Waals surface area contributed by atoms with Gasteiger partial charge in [0.2, 0.25) is 5.91 Å². The van der Waals surface area contributed by atoms with Crippen LogP contribution in [0.15, 0.2) is 0 Å². The molecule has 0 spiro atoms. The first-order chi connectivity index (χ1) is 6.49. The molecule has 1 unspecified atom stereocenters. The van der Waals surface area contributed by atoms with Crippen LogP contribution in [0.25, 0.3) is 0 Å². The molecule has 0 saturated heterocycles. The maximum atomic E-state index is 11.4. The van der Waals surface area contributed by atoms with Gasteiger partial charge in [0.1, 0.15) is 5.78 Å². The van der Waals surface area contributed by atoms with Crippen LogP contribution in [0.2, 0.25) is 0 Å². The van der Waals surface area contributed by atoms with Crippen LogP contribution in [0.4, 0.5) is 0 Å². The standard InChI is InChI=1S/C10H20N2O2/c1-7(2)10(14)8(3)6-9(13)12-5-4-11/h7-8H,4-6,11H2,1-3H3,(H,12,13). The molecule has 0 heterocycles. The van der Waals surface area contributed by atoms with Crippen molar-refractivity contribution in [2.75, 3.05) is 13.1 Å². The summed E-state index contributed by atoms with van der Waals surface area (Å²) in [5.41, 5.74) is 5.23. The molecule has 0 fully saturated rings. The lowest BCUT2D eigenvalue weighted by atomic mass is 9.94. The second kappa shape index (κ2) is 6.54. The minimum Gasteiger partial charge on any atom is -0.355 e. The molecule has 4 heteroatoms. The number of rotatable bonds is 6. The monoisotopic (exact) mass is 200 g/mol. The highest BCUT2D eigenvalue weighted by atomic mass is 16.2. The highest BCUT2D eigenvalue weighted by molar-refractivity contribution is 5.87. The summed E-state index contributed by atoms with van der Waals surface area (Å²) < 4.78 is 0. The molecule has 82 valence electrons. The van der Waals surface area contributed by atoms with E-state index in [1.165, 1.54) is 0 Å². The van der Waals surface area contributed by atoms with Crippen LogP contribution in [0.1, 0.15) is 27.2 Å². The molecule has 0 bridgehead atoms. The number of Topliss-reactive ketones (excluding diaryl/α,β-unsaturated/α-hetero) is 1. The summed E-state index contributed by atoms with van der Waals surface area (Å²) in [7, 11) is 0. The molecule has 0 radical (unpaired) electrons. The van der Waals surface area contributed by atoms with Crippen molar-refractivity contribution < 1.29 is 9.59 Å². The van der Waals surface area contributed by atoms with E-state index in [2.05, 4.69) is 5.32 Å². The molecular formula is C10H20N2O2. The van der Waals surface area contributed by atoms with E-state index < -0.39 is 0 Å². The smallest absolute Gasteiger partial charge is 0.220 e. The van der Waals surface area contributed by atoms with Gasteiger partial charge in [-0.1, -0.05) is 20.8 Å². The summed E-state index contributed by atoms with van der Waals surface area (Å²) in [5.74, 6) is -0.176. The quantitative estimate of drug-likeness (QED) is 0.648. The molecule has 3 N–H and O–H groups in total. The second-order valence-corrected chi connectivity index (χ2v) is 3.80. The third-order valence-electron chi connectivity index (χ3n) is 2.01. The van der Waals surface area contributed by atoms with Gasteiger partial charge in [0, 0.05) is 31.3 Å². The van der Waals surface area contributed by atoms with Crippen molar-refractivity contribution >= 4 is 11.7 Å². The third kappa shape index (κ3) is 4.97. The summed E-state index contributed by atoms with van der Waals surface area (Å²) in [6.07, 6.45) is 0.261. The van der Waals surface area contributed by atoms with Crippen molar-refractivity contribution in [1.82, 2.24) is 5.32 Å². The fourth-order valence-corrected chi connectivity index (χ4v) is 1.23. The average Bonchev–Trinajstić information content (AvgIpc) is 2.13. The number of carbonyl (C=O) groups is 2. The van der Waals surface area contributed by atoms with Gasteiger partial charge in [0.15, 0.2) is 0 Å². The topological polar surface area (TPSA) is 72.2 Å². The number of nitrogens with two attached hydrogens (primary N) is 1. The van der Waals surface area contributed by atoms with E-state index in [4.69, 9.17) is 5.73 Å². The molecule has 1 atom stereocenters. The van der Waals surface area contributed by atoms with Gasteiger partial charge >= 0.3 is 0 Å². The van der Waals surface area contributed by atoms with Crippen LogP contribution in [0.3, 0.4) is 0 Å². The summed E-state index contributed by atoms with van der Waals surface area (Å²) >= 11 is 0. The molecule has 0 aromatic rings. The highest BCUT2D eigenvalue weighted by Crippen LogP contribution is 2.09. The van der Waals surface area contributed by atoms with Gasteiger partial charge in [-0.25, -0.2) is 0 Å². The first kappa shape index (κ1) is 13.1. The summed E-state index contributed by atoms with van der Waals surface area (Å²) in [6.45, 7) is 6.37. The maximum absolute atomic E-state index is 11.4. The first-order valence-corrected chi connectivity index (χ1v) is 4.99. The Morgan fingerprint density at radius 3 is 2.29 bits per heavy atom. The van der Waals surface area contributed by atoms with Gasteiger partial charge < -0.3 is 11.1 Å². The lowest BCUT2D eigenvalue weighted by molar-refractivity contribution is -0.130. The van der Waals surface area contributed by atoms with Crippen molar-refractivity contribution in [3.8, 4) is 0 Å². The average molecular weight is 200 g/mol. The molecule has 0 aliphatic rings. The summed E-state index contributed by atoms with van der Waals surface area (Å²) in [6, 6.07) is 0. The minimum absolute atomic E-state index is 0.00712. The van der Waals surface area contributed by atoms with Gasteiger partial charge in [-0.05, 0) is 0 Å². The minimum atomic E-state index is -0.201. The maximum Gasteiger partial charge on any atom is 0.220 e. The van der Waals surface area contributed by atoms with E-state index in [0.29, 0.717) is 13.1 Å². The van der Waals surface area contributed by atoms with Gasteiger partial charge in [0.05, 0.1) is 0 Å². The summed E-state index contributed by atoms with van der Waals surface area (Å²) in [5, 5.41) is 2.64. The SMILES string of the molecule is CC(C)C(=O)C(C)CC(=O)NCCN. The molecule has 0 aromatic heterocycles. The molecule has 0 aromatic carbocycles. The second-order valence-electron chi connectivity index (χ2n) is 3.80. The van der Waals surface area contributed by atoms with Crippen LogP contribution in [0.5, 0.6) is 0 Å². The van der Waals surface area contributed by atoms with Crippen LogP contribution < -0.4 is 11.1 Å². The Balaban J connectivity index is 3.87. The Bertz CT molecular complexity index is 202. The molecule has 0 saturated carbocycles. The number of amides is 1. The van der Waals surface area contributed by atoms with Crippen molar-refractivity contribution in [3.63, 3.8) is 0 Å². The van der Waals surface area contributed by atoms with E-state index in [9.17, 15) is 9.59 Å². The zero-order valence-corrected chi connectivity index (χ0v) is 9.17. The Morgan fingerprint density at radius 1 is 1.29 bits per heavy atom. The van der Waals surface area contributed by atoms with Gasteiger partial charge in [0.25, 0.3) is 0 Å². The zero-order chi connectivity index (χ0) is 11.1. The van der Waals surface area contributed by atoms with Crippen molar-refractivity contribution in [2.45, 2.75) is 27.2 Å². The van der Waals surface area contributed by atoms with E-state index in [1.807, 2.05) is 13.8 Å². The molecule has 0 aliphatic heterocycles. The predicted octanol–water partition coefficient (Wildman–Crippen LogP) is 0.313. The molecule has 4 nitrogen and oxygen atoms in total. The lowest BCUT2D eigenvalue weighted by Gasteiger charge is -2.12. The van der Waals surface area contributed by atoms with Crippen molar-refractivity contribution in [3.05, 3.63) is 0 Å². The van der Waals surface area contributed by atoms with Crippen LogP contribution >= 0.6 is 0 Å². The molecule has 0 rings (SSSR count). The van der Waals surface area contributed by atoms with E-state index in [1.54, 1.807) is 6.92 Å². The van der Waals surface area contributed by atoms with Crippen LogP contribution in [-0.4, -0.2) is 24.8 Å². The Hall–Kier alpha value is -0.900. The lowest BCUT2D eigenvalue weighted by Crippen LogP contribution is -2.32. The normalized spacial score (nSPS) is 12.6. The Kier molecular flexibility index (Phi) is 6.12. The largest absolute Gasteiger partial charge is 0.355 e. The Morgan fingerprint density at radius 2 is 1.86 bits per heavy atom. The molecule has 14 heavy (non-hydrogen) atoms. The number of hydrogen-bond donors (Lipinski definition) is 2. The van der Waals surface area contributed by atoms with E-state index in [-0.39, 0.29) is 29.9 Å². The van der Waals surface area contributed by atoms with Gasteiger partial charge in [-0.15, -0.1) is 0 Å². The zero-order valence-electron chi connectivity index (χ0n) is 9.17. The number of carbonyl (C=O) groups excluding carboxylic acids is 2. The molecular weight excluding hydrogens is 180 g/mol. The molecule has 1 amide bonds. The highest BCUT2D eigenvalue weighted by Gasteiger charge is 2.18. The van der Waals surface area contributed by atoms with E-state index >= 15 is 0 Å². The summed E-state index contributed by atoms with van der Waals surface area (Å²) in [4.78, 5) is 22.7. The van der Waals surface area contributed by atoms with Gasteiger partial charge in [-0.3, -0.25) is 9.59 Å². The van der Waals surface area contributed by atoms with Crippen molar-refractivity contribution in [1.29, 1.82) is 0 Å². The number of hydrogen-bond acceptors (Lipinski definition) is 3. The third-order valence-corrected chi connectivity index (χ3v) is 2.01. The fraction of sp³-hybridized carbons (Fsp3) is 0.800. The number of nitrogens with one attached hydrogen (secondary N) is 1. The van der Waals surface area contributed by atoms with Gasteiger partial charge in [-0.2, -0.15) is 0 Å². The number of ketones is 1. The molecule has 0 aliphatic carbocycles. The van der Waals surface area contributed by atoms with Crippen LogP contribution in [0, 0.1) is 11.8 Å². The van der Waals surface area contributed by atoms with Crippen molar-refractivity contribution in [2.24, 2.45) is 17.6 Å². The van der Waals surface area contributed by atoms with Crippen LogP contribution in [-0.2, 0) is 9.59 Å². The Labute approximate surface area is 85.2 Å². The van der Waals surface area contributed by atoms with E-state index in [0.717, 1.165) is 0 Å². The fourth-order valence-electron chi connectivity index (χ4n) is 1.23. The predicted molar refractivity (Wildman–Crippen MR) is 55.7 cm³/mol. The first-order valence-electron chi connectivity index (χ1n) is 4.99.